The van der Waals surface area contributed by atoms with E-state index in [-0.39, 0.29) is 11.6 Å². The maximum absolute atomic E-state index is 10.9. The molecule has 1 aromatic rings. The van der Waals surface area contributed by atoms with Crippen molar-refractivity contribution in [1.82, 2.24) is 0 Å². The lowest BCUT2D eigenvalue weighted by Gasteiger charge is -2.36. The van der Waals surface area contributed by atoms with Crippen LogP contribution in [0.2, 0.25) is 18.1 Å². The second-order valence-electron chi connectivity index (χ2n) is 6.41. The molecule has 1 rings (SSSR count). The van der Waals surface area contributed by atoms with Gasteiger partial charge >= 0.3 is 0 Å². The van der Waals surface area contributed by atoms with Gasteiger partial charge in [0.05, 0.1) is 13.2 Å². The zero-order valence-corrected chi connectivity index (χ0v) is 13.5. The highest BCUT2D eigenvalue weighted by Gasteiger charge is 2.37. The molecule has 0 radical (unpaired) electrons. The Morgan fingerprint density at radius 3 is 2.26 bits per heavy atom. The molecule has 0 saturated heterocycles. The summed E-state index contributed by atoms with van der Waals surface area (Å²) in [5.41, 5.74) is 2.28. The van der Waals surface area contributed by atoms with Crippen LogP contribution in [0.3, 0.4) is 0 Å². The lowest BCUT2D eigenvalue weighted by atomic mass is 10.1. The van der Waals surface area contributed by atoms with Gasteiger partial charge in [0.15, 0.2) is 8.32 Å². The molecule has 0 aliphatic heterocycles. The van der Waals surface area contributed by atoms with Crippen molar-refractivity contribution in [1.29, 1.82) is 0 Å². The Hall–Kier alpha value is -0.973. The van der Waals surface area contributed by atoms with E-state index in [1.807, 2.05) is 12.1 Å². The highest BCUT2D eigenvalue weighted by Crippen LogP contribution is 2.37. The van der Waals surface area contributed by atoms with E-state index < -0.39 is 8.32 Å². The number of aliphatic hydroxyl groups excluding tert-OH is 1. The third-order valence-corrected chi connectivity index (χ3v) is 8.28. The third-order valence-electron chi connectivity index (χ3n) is 3.80. The van der Waals surface area contributed by atoms with Crippen LogP contribution in [0.15, 0.2) is 18.2 Å². The largest absolute Gasteiger partial charge is 0.413 e. The van der Waals surface area contributed by atoms with Gasteiger partial charge in [-0.05, 0) is 41.4 Å². The minimum absolute atomic E-state index is 0.0607. The molecule has 0 aliphatic rings. The molecule has 106 valence electrons. The topological polar surface area (TPSA) is 46.5 Å². The third kappa shape index (κ3) is 4.26. The maximum atomic E-state index is 10.9. The molecule has 1 aromatic carbocycles. The molecule has 0 fully saturated rings. The van der Waals surface area contributed by atoms with Crippen LogP contribution in [0.1, 0.15) is 42.3 Å². The molecule has 0 saturated carbocycles. The molecule has 0 spiro atoms. The molecule has 0 unspecified atom stereocenters. The molecular weight excluding hydrogens is 256 g/mol. The van der Waals surface area contributed by atoms with E-state index in [1.54, 1.807) is 6.07 Å². The molecule has 0 atom stereocenters. The van der Waals surface area contributed by atoms with Gasteiger partial charge in [-0.3, -0.25) is 4.79 Å². The second-order valence-corrected chi connectivity index (χ2v) is 11.2. The van der Waals surface area contributed by atoms with Crippen LogP contribution >= 0.6 is 0 Å². The van der Waals surface area contributed by atoms with E-state index in [4.69, 9.17) is 4.43 Å². The van der Waals surface area contributed by atoms with Crippen LogP contribution in [0.5, 0.6) is 0 Å². The number of carbonyl (C=O) groups excluding carboxylic acids is 1. The van der Waals surface area contributed by atoms with Crippen molar-refractivity contribution < 1.29 is 14.3 Å². The smallest absolute Gasteiger partial charge is 0.192 e. The highest BCUT2D eigenvalue weighted by molar-refractivity contribution is 6.74. The Labute approximate surface area is 116 Å². The van der Waals surface area contributed by atoms with Crippen LogP contribution in [0, 0.1) is 0 Å². The number of aliphatic hydroxyl groups is 1. The van der Waals surface area contributed by atoms with Crippen LogP contribution < -0.4 is 0 Å². The van der Waals surface area contributed by atoms with Crippen molar-refractivity contribution in [2.75, 3.05) is 0 Å². The van der Waals surface area contributed by atoms with E-state index in [1.165, 1.54) is 0 Å². The van der Waals surface area contributed by atoms with Crippen LogP contribution in [-0.4, -0.2) is 19.7 Å². The number of rotatable bonds is 5. The highest BCUT2D eigenvalue weighted by atomic mass is 28.4. The molecule has 0 aliphatic carbocycles. The maximum Gasteiger partial charge on any atom is 0.192 e. The second kappa shape index (κ2) is 5.99. The van der Waals surface area contributed by atoms with Gasteiger partial charge in [0.2, 0.25) is 0 Å². The number of aldehydes is 1. The summed E-state index contributed by atoms with van der Waals surface area (Å²) in [4.78, 5) is 10.9. The number of carbonyl (C=O) groups is 1. The van der Waals surface area contributed by atoms with Crippen LogP contribution in [-0.2, 0) is 17.6 Å². The summed E-state index contributed by atoms with van der Waals surface area (Å²) in [5.74, 6) is 0. The van der Waals surface area contributed by atoms with Gasteiger partial charge in [-0.15, -0.1) is 0 Å². The quantitative estimate of drug-likeness (QED) is 0.663. The van der Waals surface area contributed by atoms with E-state index in [9.17, 15) is 9.90 Å². The molecule has 3 nitrogen and oxygen atoms in total. The average Bonchev–Trinajstić information content (AvgIpc) is 2.34. The van der Waals surface area contributed by atoms with Gasteiger partial charge in [-0.1, -0.05) is 26.8 Å². The fourth-order valence-electron chi connectivity index (χ4n) is 1.51. The molecule has 0 amide bonds. The average molecular weight is 280 g/mol. The number of hydrogen-bond donors (Lipinski definition) is 1. The van der Waals surface area contributed by atoms with E-state index in [2.05, 4.69) is 33.9 Å². The van der Waals surface area contributed by atoms with Crippen molar-refractivity contribution in [3.8, 4) is 0 Å². The standard InChI is InChI=1S/C15H24O3Si/c1-15(2,3)19(4,5)18-11-14-7-12(9-16)6-13(8-14)10-17/h6-9,17H,10-11H2,1-5H3. The zero-order chi connectivity index (χ0) is 14.7. The first kappa shape index (κ1) is 16.1. The van der Waals surface area contributed by atoms with Crippen LogP contribution in [0.25, 0.3) is 0 Å². The van der Waals surface area contributed by atoms with Crippen molar-refractivity contribution >= 4 is 14.6 Å². The predicted molar refractivity (Wildman–Crippen MR) is 79.7 cm³/mol. The summed E-state index contributed by atoms with van der Waals surface area (Å²) in [5, 5.41) is 9.35. The predicted octanol–water partition coefficient (Wildman–Crippen LogP) is 3.51. The van der Waals surface area contributed by atoms with Crippen molar-refractivity contribution in [2.45, 2.75) is 52.1 Å². The Kier molecular flexibility index (Phi) is 5.07. The zero-order valence-electron chi connectivity index (χ0n) is 12.5. The molecule has 0 aromatic heterocycles. The first-order chi connectivity index (χ1) is 8.69. The van der Waals surface area contributed by atoms with Crippen LogP contribution in [0.4, 0.5) is 0 Å². The minimum Gasteiger partial charge on any atom is -0.413 e. The minimum atomic E-state index is -1.79. The lowest BCUT2D eigenvalue weighted by Crippen LogP contribution is -2.40. The van der Waals surface area contributed by atoms with Gasteiger partial charge in [0.1, 0.15) is 6.29 Å². The van der Waals surface area contributed by atoms with Gasteiger partial charge in [-0.25, -0.2) is 0 Å². The fourth-order valence-corrected chi connectivity index (χ4v) is 2.47. The summed E-state index contributed by atoms with van der Waals surface area (Å²) < 4.78 is 6.12. The van der Waals surface area contributed by atoms with Gasteiger partial charge in [-0.2, -0.15) is 0 Å². The Morgan fingerprint density at radius 1 is 1.21 bits per heavy atom. The number of benzene rings is 1. The summed E-state index contributed by atoms with van der Waals surface area (Å²) in [6.07, 6.45) is 0.801. The van der Waals surface area contributed by atoms with Gasteiger partial charge < -0.3 is 9.53 Å². The first-order valence-electron chi connectivity index (χ1n) is 6.52. The normalized spacial score (nSPS) is 12.5. The molecule has 0 bridgehead atoms. The Balaban J connectivity index is 2.86. The Bertz CT molecular complexity index is 447. The molecule has 4 heteroatoms. The van der Waals surface area contributed by atoms with Gasteiger partial charge in [0.25, 0.3) is 0 Å². The lowest BCUT2D eigenvalue weighted by molar-refractivity contribution is 0.112. The number of hydrogen-bond acceptors (Lipinski definition) is 3. The van der Waals surface area contributed by atoms with E-state index in [0.717, 1.165) is 17.4 Å². The monoisotopic (exact) mass is 280 g/mol. The molecule has 19 heavy (non-hydrogen) atoms. The van der Waals surface area contributed by atoms with Crippen molar-refractivity contribution in [3.63, 3.8) is 0 Å². The molecular formula is C15H24O3Si. The first-order valence-corrected chi connectivity index (χ1v) is 9.43. The SMILES string of the molecule is CC(C)(C)[Si](C)(C)OCc1cc(C=O)cc(CO)c1. The summed E-state index contributed by atoms with van der Waals surface area (Å²) in [6.45, 7) is 11.4. The summed E-state index contributed by atoms with van der Waals surface area (Å²) in [7, 11) is -1.79. The summed E-state index contributed by atoms with van der Waals surface area (Å²) in [6, 6.07) is 5.41. The molecule has 1 N–H and O–H groups in total. The fraction of sp³-hybridized carbons (Fsp3) is 0.533. The molecule has 0 heterocycles. The van der Waals surface area contributed by atoms with Gasteiger partial charge in [0, 0.05) is 5.56 Å². The summed E-state index contributed by atoms with van der Waals surface area (Å²) >= 11 is 0. The Morgan fingerprint density at radius 2 is 1.79 bits per heavy atom. The van der Waals surface area contributed by atoms with Crippen molar-refractivity contribution in [3.05, 3.63) is 34.9 Å². The van der Waals surface area contributed by atoms with E-state index in [0.29, 0.717) is 12.2 Å². The van der Waals surface area contributed by atoms with E-state index >= 15 is 0 Å². The van der Waals surface area contributed by atoms with Crippen molar-refractivity contribution in [2.24, 2.45) is 0 Å².